The number of amides is 2. The quantitative estimate of drug-likeness (QED) is 0.581. The number of aromatic nitrogens is 3. The normalized spacial score (nSPS) is 13.4. The number of hydrogen-bond acceptors (Lipinski definition) is 4. The lowest BCUT2D eigenvalue weighted by Gasteiger charge is -2.15. The van der Waals surface area contributed by atoms with Crippen LogP contribution in [0.2, 0.25) is 0 Å². The van der Waals surface area contributed by atoms with Gasteiger partial charge in [-0.1, -0.05) is 35.9 Å². The standard InChI is InChI=1S/C23H25N5O2S/c1-16-6-4-8-18(12-16)21-25-26-23(31)28(21)15-20(29)24-14-17-7-5-9-19(13-17)22(30)27-10-2-3-11-27/h4-9,12-13H,2-3,10-11,14-15H2,1H3,(H,24,29)(H,26,31). The van der Waals surface area contributed by atoms with Crippen molar-refractivity contribution >= 4 is 24.0 Å². The van der Waals surface area contributed by atoms with Gasteiger partial charge in [-0.2, -0.15) is 5.10 Å². The van der Waals surface area contributed by atoms with E-state index in [9.17, 15) is 9.59 Å². The van der Waals surface area contributed by atoms with Crippen molar-refractivity contribution in [2.75, 3.05) is 13.1 Å². The van der Waals surface area contributed by atoms with Crippen LogP contribution in [-0.4, -0.2) is 44.6 Å². The number of nitrogens with zero attached hydrogens (tertiary/aromatic N) is 3. The molecule has 1 aromatic heterocycles. The molecule has 0 atom stereocenters. The first-order valence-corrected chi connectivity index (χ1v) is 10.8. The molecule has 31 heavy (non-hydrogen) atoms. The van der Waals surface area contributed by atoms with Gasteiger partial charge in [-0.3, -0.25) is 19.3 Å². The second-order valence-corrected chi connectivity index (χ2v) is 8.17. The first-order chi connectivity index (χ1) is 15.0. The first kappa shape index (κ1) is 21.0. The van der Waals surface area contributed by atoms with Gasteiger partial charge in [-0.05, 0) is 55.7 Å². The average Bonchev–Trinajstić information content (AvgIpc) is 3.43. The van der Waals surface area contributed by atoms with E-state index in [-0.39, 0.29) is 18.4 Å². The van der Waals surface area contributed by atoms with Gasteiger partial charge in [0.2, 0.25) is 5.91 Å². The van der Waals surface area contributed by atoms with E-state index in [0.717, 1.165) is 42.6 Å². The molecule has 0 bridgehead atoms. The van der Waals surface area contributed by atoms with Gasteiger partial charge in [0, 0.05) is 30.8 Å². The van der Waals surface area contributed by atoms with Gasteiger partial charge < -0.3 is 10.2 Å². The molecule has 7 nitrogen and oxygen atoms in total. The minimum absolute atomic E-state index is 0.0539. The summed E-state index contributed by atoms with van der Waals surface area (Å²) in [6.45, 7) is 4.03. The van der Waals surface area contributed by atoms with Crippen molar-refractivity contribution in [1.82, 2.24) is 25.0 Å². The van der Waals surface area contributed by atoms with Crippen molar-refractivity contribution in [2.24, 2.45) is 0 Å². The van der Waals surface area contributed by atoms with Crippen LogP contribution in [0.1, 0.15) is 34.3 Å². The Hall–Kier alpha value is -3.26. The number of nitrogens with one attached hydrogen (secondary N) is 2. The van der Waals surface area contributed by atoms with Gasteiger partial charge in [0.05, 0.1) is 0 Å². The van der Waals surface area contributed by atoms with E-state index in [2.05, 4.69) is 15.5 Å². The van der Waals surface area contributed by atoms with Crippen LogP contribution in [0.15, 0.2) is 48.5 Å². The maximum atomic E-state index is 12.6. The van der Waals surface area contributed by atoms with Crippen LogP contribution in [0.3, 0.4) is 0 Å². The summed E-state index contributed by atoms with van der Waals surface area (Å²) in [5.41, 5.74) is 3.54. The Balaban J connectivity index is 1.42. The molecular weight excluding hydrogens is 410 g/mol. The molecule has 1 saturated heterocycles. The Morgan fingerprint density at radius 1 is 1.13 bits per heavy atom. The van der Waals surface area contributed by atoms with Crippen LogP contribution in [0.5, 0.6) is 0 Å². The molecule has 2 heterocycles. The van der Waals surface area contributed by atoms with Crippen LogP contribution >= 0.6 is 12.2 Å². The SMILES string of the molecule is Cc1cccc(-c2n[nH]c(=S)n2CC(=O)NCc2cccc(C(=O)N3CCCC3)c2)c1. The molecule has 8 heteroatoms. The van der Waals surface area contributed by atoms with Gasteiger partial charge in [-0.25, -0.2) is 0 Å². The largest absolute Gasteiger partial charge is 0.350 e. The van der Waals surface area contributed by atoms with Crippen LogP contribution in [0.25, 0.3) is 11.4 Å². The summed E-state index contributed by atoms with van der Waals surface area (Å²) < 4.78 is 2.08. The minimum atomic E-state index is -0.178. The Labute approximate surface area is 186 Å². The van der Waals surface area contributed by atoms with E-state index in [1.54, 1.807) is 4.57 Å². The average molecular weight is 436 g/mol. The maximum Gasteiger partial charge on any atom is 0.253 e. The lowest BCUT2D eigenvalue weighted by molar-refractivity contribution is -0.121. The Kier molecular flexibility index (Phi) is 6.27. The van der Waals surface area contributed by atoms with E-state index in [0.29, 0.717) is 22.7 Å². The fourth-order valence-electron chi connectivity index (χ4n) is 3.79. The summed E-state index contributed by atoms with van der Waals surface area (Å²) in [7, 11) is 0. The smallest absolute Gasteiger partial charge is 0.253 e. The van der Waals surface area contributed by atoms with Gasteiger partial charge in [0.25, 0.3) is 5.91 Å². The number of aromatic amines is 1. The zero-order chi connectivity index (χ0) is 21.8. The number of aryl methyl sites for hydroxylation is 1. The molecule has 4 rings (SSSR count). The summed E-state index contributed by atoms with van der Waals surface area (Å²) in [5, 5.41) is 9.98. The monoisotopic (exact) mass is 435 g/mol. The first-order valence-electron chi connectivity index (χ1n) is 10.4. The van der Waals surface area contributed by atoms with Crippen molar-refractivity contribution in [3.05, 3.63) is 70.0 Å². The highest BCUT2D eigenvalue weighted by atomic mass is 32.1. The highest BCUT2D eigenvalue weighted by Gasteiger charge is 2.19. The molecule has 1 aliphatic rings. The summed E-state index contributed by atoms with van der Waals surface area (Å²) in [6, 6.07) is 15.3. The molecule has 2 N–H and O–H groups in total. The summed E-state index contributed by atoms with van der Waals surface area (Å²) >= 11 is 5.32. The van der Waals surface area contributed by atoms with E-state index in [1.165, 1.54) is 0 Å². The Morgan fingerprint density at radius 3 is 2.68 bits per heavy atom. The molecule has 0 radical (unpaired) electrons. The van der Waals surface area contributed by atoms with E-state index in [4.69, 9.17) is 12.2 Å². The van der Waals surface area contributed by atoms with Gasteiger partial charge in [0.1, 0.15) is 6.54 Å². The molecule has 1 fully saturated rings. The molecule has 2 aromatic carbocycles. The number of H-pyrrole nitrogens is 1. The zero-order valence-corrected chi connectivity index (χ0v) is 18.2. The predicted octanol–water partition coefficient (Wildman–Crippen LogP) is 3.47. The number of hydrogen-bond donors (Lipinski definition) is 2. The third-order valence-corrected chi connectivity index (χ3v) is 5.70. The molecule has 0 saturated carbocycles. The Morgan fingerprint density at radius 2 is 1.90 bits per heavy atom. The fourth-order valence-corrected chi connectivity index (χ4v) is 3.98. The predicted molar refractivity (Wildman–Crippen MR) is 121 cm³/mol. The van der Waals surface area contributed by atoms with Crippen LogP contribution in [-0.2, 0) is 17.9 Å². The molecular formula is C23H25N5O2S. The summed E-state index contributed by atoms with van der Waals surface area (Å²) in [4.78, 5) is 27.1. The van der Waals surface area contributed by atoms with E-state index < -0.39 is 0 Å². The van der Waals surface area contributed by atoms with Crippen molar-refractivity contribution in [1.29, 1.82) is 0 Å². The topological polar surface area (TPSA) is 83.0 Å². The number of benzene rings is 2. The van der Waals surface area contributed by atoms with Crippen LogP contribution < -0.4 is 5.32 Å². The fraction of sp³-hybridized carbons (Fsp3) is 0.304. The molecule has 0 unspecified atom stereocenters. The lowest BCUT2D eigenvalue weighted by atomic mass is 10.1. The highest BCUT2D eigenvalue weighted by Crippen LogP contribution is 2.18. The van der Waals surface area contributed by atoms with Crippen LogP contribution in [0, 0.1) is 11.7 Å². The highest BCUT2D eigenvalue weighted by molar-refractivity contribution is 7.71. The minimum Gasteiger partial charge on any atom is -0.350 e. The van der Waals surface area contributed by atoms with Gasteiger partial charge in [-0.15, -0.1) is 0 Å². The molecule has 1 aliphatic heterocycles. The molecule has 3 aromatic rings. The van der Waals surface area contributed by atoms with Crippen molar-refractivity contribution in [2.45, 2.75) is 32.9 Å². The number of rotatable bonds is 6. The third-order valence-electron chi connectivity index (χ3n) is 5.39. The van der Waals surface area contributed by atoms with Crippen molar-refractivity contribution in [3.63, 3.8) is 0 Å². The van der Waals surface area contributed by atoms with Crippen molar-refractivity contribution < 1.29 is 9.59 Å². The van der Waals surface area contributed by atoms with Crippen LogP contribution in [0.4, 0.5) is 0 Å². The molecule has 0 aliphatic carbocycles. The molecule has 2 amide bonds. The van der Waals surface area contributed by atoms with Gasteiger partial charge in [0.15, 0.2) is 10.6 Å². The van der Waals surface area contributed by atoms with Gasteiger partial charge >= 0.3 is 0 Å². The molecule has 160 valence electrons. The number of carbonyl (C=O) groups excluding carboxylic acids is 2. The van der Waals surface area contributed by atoms with E-state index in [1.807, 2.05) is 60.4 Å². The summed E-state index contributed by atoms with van der Waals surface area (Å²) in [6.07, 6.45) is 2.12. The number of likely N-dealkylation sites (tertiary alicyclic amines) is 1. The second kappa shape index (κ2) is 9.26. The molecule has 0 spiro atoms. The maximum absolute atomic E-state index is 12.6. The second-order valence-electron chi connectivity index (χ2n) is 7.78. The lowest BCUT2D eigenvalue weighted by Crippen LogP contribution is -2.29. The summed E-state index contributed by atoms with van der Waals surface area (Å²) in [5.74, 6) is 0.503. The third kappa shape index (κ3) is 4.91. The van der Waals surface area contributed by atoms with E-state index >= 15 is 0 Å². The van der Waals surface area contributed by atoms with Crippen molar-refractivity contribution in [3.8, 4) is 11.4 Å². The zero-order valence-electron chi connectivity index (χ0n) is 17.4. The number of carbonyl (C=O) groups is 2. The Bertz CT molecular complexity index is 1160.